The van der Waals surface area contributed by atoms with E-state index in [9.17, 15) is 4.79 Å². The van der Waals surface area contributed by atoms with Gasteiger partial charge in [-0.1, -0.05) is 18.2 Å². The van der Waals surface area contributed by atoms with Crippen LogP contribution in [-0.2, 0) is 0 Å². The Bertz CT molecular complexity index is 987. The average molecular weight is 279 g/mol. The molecule has 5 heteroatoms. The van der Waals surface area contributed by atoms with Gasteiger partial charge in [0.2, 0.25) is 0 Å². The van der Waals surface area contributed by atoms with E-state index in [2.05, 4.69) is 9.97 Å². The molecule has 0 saturated carbocycles. The molecule has 0 spiro atoms. The summed E-state index contributed by atoms with van der Waals surface area (Å²) in [4.78, 5) is 21.1. The second-order valence-electron chi connectivity index (χ2n) is 4.42. The van der Waals surface area contributed by atoms with Crippen LogP contribution in [-0.4, -0.2) is 14.5 Å². The van der Waals surface area contributed by atoms with E-state index in [-0.39, 0.29) is 5.56 Å². The molecule has 0 aliphatic carbocycles. The number of thiazole rings is 1. The van der Waals surface area contributed by atoms with Crippen LogP contribution in [0.2, 0.25) is 0 Å². The van der Waals surface area contributed by atoms with Crippen molar-refractivity contribution in [3.05, 3.63) is 64.5 Å². The number of nitrogens with zero attached hydrogens (tertiary/aromatic N) is 3. The van der Waals surface area contributed by atoms with Gasteiger partial charge in [0.1, 0.15) is 5.82 Å². The molecule has 20 heavy (non-hydrogen) atoms. The zero-order chi connectivity index (χ0) is 13.5. The number of hydrogen-bond donors (Lipinski definition) is 0. The lowest BCUT2D eigenvalue weighted by Crippen LogP contribution is -2.18. The van der Waals surface area contributed by atoms with Gasteiger partial charge < -0.3 is 0 Å². The number of fused-ring (bicyclic) bond motifs is 2. The Morgan fingerprint density at radius 1 is 1.05 bits per heavy atom. The normalized spacial score (nSPS) is 11.2. The zero-order valence-electron chi connectivity index (χ0n) is 10.4. The van der Waals surface area contributed by atoms with Gasteiger partial charge >= 0.3 is 0 Å². The van der Waals surface area contributed by atoms with Crippen LogP contribution in [0.1, 0.15) is 0 Å². The topological polar surface area (TPSA) is 47.8 Å². The molecule has 0 saturated heterocycles. The molecular formula is C15H9N3OS. The second kappa shape index (κ2) is 4.25. The van der Waals surface area contributed by atoms with Crippen molar-refractivity contribution in [1.29, 1.82) is 0 Å². The summed E-state index contributed by atoms with van der Waals surface area (Å²) >= 11 is 1.54. The van der Waals surface area contributed by atoms with Crippen LogP contribution in [0.25, 0.3) is 26.9 Å². The lowest BCUT2D eigenvalue weighted by molar-refractivity contribution is 0.962. The molecule has 0 atom stereocenters. The lowest BCUT2D eigenvalue weighted by Gasteiger charge is -2.06. The first-order valence-electron chi connectivity index (χ1n) is 6.14. The molecule has 96 valence electrons. The van der Waals surface area contributed by atoms with E-state index in [1.165, 1.54) is 11.3 Å². The van der Waals surface area contributed by atoms with Crippen molar-refractivity contribution < 1.29 is 0 Å². The van der Waals surface area contributed by atoms with Crippen LogP contribution in [0.4, 0.5) is 0 Å². The van der Waals surface area contributed by atoms with E-state index in [1.807, 2.05) is 42.5 Å². The minimum atomic E-state index is -0.0646. The van der Waals surface area contributed by atoms with E-state index < -0.39 is 0 Å². The Morgan fingerprint density at radius 3 is 2.90 bits per heavy atom. The summed E-state index contributed by atoms with van der Waals surface area (Å²) in [5.74, 6) is 0.596. The smallest absolute Gasteiger partial charge is 0.264 e. The van der Waals surface area contributed by atoms with Crippen LogP contribution >= 0.6 is 11.3 Å². The van der Waals surface area contributed by atoms with Crippen molar-refractivity contribution in [2.75, 3.05) is 0 Å². The van der Waals surface area contributed by atoms with Crippen molar-refractivity contribution in [3.63, 3.8) is 0 Å². The second-order valence-corrected chi connectivity index (χ2v) is 5.31. The van der Waals surface area contributed by atoms with E-state index in [4.69, 9.17) is 0 Å². The summed E-state index contributed by atoms with van der Waals surface area (Å²) < 4.78 is 2.57. The highest BCUT2D eigenvalue weighted by Crippen LogP contribution is 2.17. The lowest BCUT2D eigenvalue weighted by atomic mass is 10.2. The highest BCUT2D eigenvalue weighted by Gasteiger charge is 2.06. The van der Waals surface area contributed by atoms with Crippen LogP contribution < -0.4 is 5.56 Å². The fourth-order valence-electron chi connectivity index (χ4n) is 2.25. The molecule has 0 bridgehead atoms. The summed E-state index contributed by atoms with van der Waals surface area (Å²) in [7, 11) is 0. The van der Waals surface area contributed by atoms with Crippen LogP contribution in [0.5, 0.6) is 0 Å². The van der Waals surface area contributed by atoms with E-state index in [1.54, 1.807) is 16.3 Å². The van der Waals surface area contributed by atoms with E-state index >= 15 is 0 Å². The fraction of sp³-hybridized carbons (Fsp3) is 0. The molecule has 1 aromatic carbocycles. The predicted octanol–water partition coefficient (Wildman–Crippen LogP) is 3.00. The minimum absolute atomic E-state index is 0.0646. The molecule has 0 unspecified atom stereocenters. The molecule has 0 amide bonds. The quantitative estimate of drug-likeness (QED) is 0.538. The summed E-state index contributed by atoms with van der Waals surface area (Å²) in [6.07, 6.45) is 1.76. The Hall–Kier alpha value is -2.53. The molecule has 3 heterocycles. The molecule has 0 aliphatic rings. The van der Waals surface area contributed by atoms with Gasteiger partial charge in [0.15, 0.2) is 5.65 Å². The summed E-state index contributed by atoms with van der Waals surface area (Å²) in [6, 6.07) is 13.3. The summed E-state index contributed by atoms with van der Waals surface area (Å²) in [6.45, 7) is 0. The van der Waals surface area contributed by atoms with Gasteiger partial charge in [0, 0.05) is 11.6 Å². The molecule has 4 nitrogen and oxygen atoms in total. The zero-order valence-corrected chi connectivity index (χ0v) is 11.2. The predicted molar refractivity (Wildman–Crippen MR) is 80.5 cm³/mol. The van der Waals surface area contributed by atoms with Crippen molar-refractivity contribution in [3.8, 4) is 5.82 Å². The number of hydrogen-bond acceptors (Lipinski definition) is 4. The van der Waals surface area contributed by atoms with E-state index in [0.29, 0.717) is 16.9 Å². The van der Waals surface area contributed by atoms with Crippen LogP contribution in [0.3, 0.4) is 0 Å². The molecule has 4 rings (SSSR count). The standard InChI is InChI=1S/C15H9N3OS/c19-15-11-4-2-1-3-10(11)7-8-18(15)13-6-5-12-14(17-13)16-9-20-12/h1-9H. The largest absolute Gasteiger partial charge is 0.268 e. The van der Waals surface area contributed by atoms with Crippen LogP contribution in [0, 0.1) is 0 Å². The Labute approximate surface area is 118 Å². The van der Waals surface area contributed by atoms with Crippen molar-refractivity contribution in [2.45, 2.75) is 0 Å². The van der Waals surface area contributed by atoms with Gasteiger partial charge in [-0.2, -0.15) is 0 Å². The Kier molecular flexibility index (Phi) is 2.40. The van der Waals surface area contributed by atoms with Crippen molar-refractivity contribution >= 4 is 32.5 Å². The molecular weight excluding hydrogens is 270 g/mol. The maximum Gasteiger partial charge on any atom is 0.264 e. The first kappa shape index (κ1) is 11.3. The summed E-state index contributed by atoms with van der Waals surface area (Å²) in [5.41, 5.74) is 2.36. The maximum absolute atomic E-state index is 12.5. The maximum atomic E-state index is 12.5. The van der Waals surface area contributed by atoms with Crippen LogP contribution in [0.15, 0.2) is 59.0 Å². The summed E-state index contributed by atoms with van der Waals surface area (Å²) in [5, 5.41) is 1.62. The molecule has 0 fully saturated rings. The number of aromatic nitrogens is 3. The van der Waals surface area contributed by atoms with Gasteiger partial charge in [-0.3, -0.25) is 9.36 Å². The average Bonchev–Trinajstić information content (AvgIpc) is 2.95. The third-order valence-corrected chi connectivity index (χ3v) is 4.02. The number of rotatable bonds is 1. The van der Waals surface area contributed by atoms with Gasteiger partial charge in [0.05, 0.1) is 10.2 Å². The van der Waals surface area contributed by atoms with E-state index in [0.717, 1.165) is 10.1 Å². The Morgan fingerprint density at radius 2 is 1.95 bits per heavy atom. The first-order valence-corrected chi connectivity index (χ1v) is 7.02. The SMILES string of the molecule is O=c1c2ccccc2ccn1-c1ccc2scnc2n1. The van der Waals surface area contributed by atoms with Gasteiger partial charge in [-0.15, -0.1) is 11.3 Å². The number of pyridine rings is 2. The van der Waals surface area contributed by atoms with Crippen molar-refractivity contribution in [1.82, 2.24) is 14.5 Å². The molecule has 0 N–H and O–H groups in total. The first-order chi connectivity index (χ1) is 9.83. The fourth-order valence-corrected chi connectivity index (χ4v) is 2.86. The Balaban J connectivity index is 2.01. The molecule has 3 aromatic heterocycles. The number of benzene rings is 1. The van der Waals surface area contributed by atoms with Crippen molar-refractivity contribution in [2.24, 2.45) is 0 Å². The highest BCUT2D eigenvalue weighted by molar-refractivity contribution is 7.16. The highest BCUT2D eigenvalue weighted by atomic mass is 32.1. The molecule has 4 aromatic rings. The third kappa shape index (κ3) is 1.64. The van der Waals surface area contributed by atoms with Gasteiger partial charge in [-0.25, -0.2) is 9.97 Å². The third-order valence-electron chi connectivity index (χ3n) is 3.24. The van der Waals surface area contributed by atoms with Gasteiger partial charge in [0.25, 0.3) is 5.56 Å². The molecule has 0 aliphatic heterocycles. The molecule has 0 radical (unpaired) electrons. The minimum Gasteiger partial charge on any atom is -0.268 e. The monoisotopic (exact) mass is 279 g/mol. The van der Waals surface area contributed by atoms with Gasteiger partial charge in [-0.05, 0) is 29.7 Å².